The van der Waals surface area contributed by atoms with Crippen LogP contribution in [0.3, 0.4) is 0 Å². The zero-order valence-corrected chi connectivity index (χ0v) is 25.0. The maximum atomic E-state index is 13.4. The molecule has 10 heteroatoms. The summed E-state index contributed by atoms with van der Waals surface area (Å²) in [6.45, 7) is 1.83. The van der Waals surface area contributed by atoms with Crippen LogP contribution in [0.25, 0.3) is 16.3 Å². The number of thioether (sulfide) groups is 1. The Morgan fingerprint density at radius 3 is 2.30 bits per heavy atom. The third kappa shape index (κ3) is 7.68. The normalized spacial score (nSPS) is 11.9. The molecule has 0 bridgehead atoms. The van der Waals surface area contributed by atoms with Crippen molar-refractivity contribution in [2.75, 3.05) is 17.7 Å². The Morgan fingerprint density at radius 1 is 0.860 bits per heavy atom. The van der Waals surface area contributed by atoms with E-state index in [-0.39, 0.29) is 16.9 Å². The minimum Gasteiger partial charge on any atom is -0.496 e. The highest BCUT2D eigenvalue weighted by molar-refractivity contribution is 8.00. The summed E-state index contributed by atoms with van der Waals surface area (Å²) in [7, 11) is 1.54. The van der Waals surface area contributed by atoms with Crippen LogP contribution in [0.2, 0.25) is 0 Å². The molecule has 1 aromatic heterocycles. The van der Waals surface area contributed by atoms with E-state index in [2.05, 4.69) is 20.9 Å². The fourth-order valence-corrected chi connectivity index (χ4v) is 5.83. The number of hydrogen-bond acceptors (Lipinski definition) is 7. The molecule has 0 aliphatic rings. The number of hydrogen-bond donors (Lipinski definition) is 3. The molecule has 0 fully saturated rings. The van der Waals surface area contributed by atoms with E-state index in [1.54, 1.807) is 61.7 Å². The third-order valence-corrected chi connectivity index (χ3v) is 8.35. The molecule has 3 N–H and O–H groups in total. The first-order valence-corrected chi connectivity index (χ1v) is 15.0. The molecular formula is C33H28N4O4S2. The number of nitrogens with one attached hydrogen (secondary N) is 3. The summed E-state index contributed by atoms with van der Waals surface area (Å²) >= 11 is 2.83. The van der Waals surface area contributed by atoms with Crippen LogP contribution in [0.15, 0.2) is 114 Å². The molecule has 216 valence electrons. The Kier molecular flexibility index (Phi) is 9.50. The largest absolute Gasteiger partial charge is 0.496 e. The minimum atomic E-state index is -0.501. The maximum Gasteiger partial charge on any atom is 0.272 e. The van der Waals surface area contributed by atoms with Gasteiger partial charge in [-0.1, -0.05) is 59.9 Å². The highest BCUT2D eigenvalue weighted by atomic mass is 32.2. The number of aromatic nitrogens is 1. The molecule has 0 radical (unpaired) electrons. The first-order chi connectivity index (χ1) is 20.9. The number of amides is 3. The number of anilines is 2. The summed E-state index contributed by atoms with van der Waals surface area (Å²) in [4.78, 5) is 44.4. The average molecular weight is 609 g/mol. The number of benzene rings is 4. The number of carbonyl (C=O) groups excluding carboxylic acids is 3. The number of fused-ring (bicyclic) bond motifs is 1. The Morgan fingerprint density at radius 2 is 1.56 bits per heavy atom. The van der Waals surface area contributed by atoms with E-state index in [4.69, 9.17) is 4.74 Å². The van der Waals surface area contributed by atoms with Gasteiger partial charge in [-0.15, -0.1) is 11.8 Å². The summed E-state index contributed by atoms with van der Waals surface area (Å²) in [6, 6.07) is 30.8. The predicted molar refractivity (Wildman–Crippen MR) is 174 cm³/mol. The van der Waals surface area contributed by atoms with Gasteiger partial charge < -0.3 is 20.7 Å². The van der Waals surface area contributed by atoms with Crippen molar-refractivity contribution in [3.8, 4) is 5.75 Å². The average Bonchev–Trinajstić information content (AvgIpc) is 3.44. The third-order valence-electron chi connectivity index (χ3n) is 6.29. The van der Waals surface area contributed by atoms with E-state index in [1.165, 1.54) is 23.1 Å². The first kappa shape index (κ1) is 29.6. The van der Waals surface area contributed by atoms with Gasteiger partial charge in [0.1, 0.15) is 11.4 Å². The van der Waals surface area contributed by atoms with Crippen LogP contribution in [-0.2, 0) is 9.59 Å². The number of carbonyl (C=O) groups is 3. The summed E-state index contributed by atoms with van der Waals surface area (Å²) in [6.07, 6.45) is 1.57. The van der Waals surface area contributed by atoms with Crippen LogP contribution in [0, 0.1) is 0 Å². The molecule has 0 spiro atoms. The molecule has 43 heavy (non-hydrogen) atoms. The molecule has 5 aromatic rings. The molecule has 5 rings (SSSR count). The lowest BCUT2D eigenvalue weighted by Gasteiger charge is -2.13. The fourth-order valence-electron chi connectivity index (χ4n) is 4.09. The van der Waals surface area contributed by atoms with Crippen LogP contribution in [-0.4, -0.2) is 35.1 Å². The number of rotatable bonds is 10. The Labute approximate surface area is 257 Å². The second-order valence-corrected chi connectivity index (χ2v) is 11.8. The van der Waals surface area contributed by atoms with Gasteiger partial charge >= 0.3 is 0 Å². The Hall–Kier alpha value is -4.93. The van der Waals surface area contributed by atoms with Crippen molar-refractivity contribution in [1.29, 1.82) is 0 Å². The van der Waals surface area contributed by atoms with Gasteiger partial charge in [-0.25, -0.2) is 4.98 Å². The van der Waals surface area contributed by atoms with Crippen molar-refractivity contribution in [3.63, 3.8) is 0 Å². The molecule has 8 nitrogen and oxygen atoms in total. The van der Waals surface area contributed by atoms with E-state index < -0.39 is 11.8 Å². The molecule has 4 aromatic carbocycles. The van der Waals surface area contributed by atoms with E-state index >= 15 is 0 Å². The molecule has 1 heterocycles. The fraction of sp³-hybridized carbons (Fsp3) is 0.0909. The molecule has 0 aliphatic heterocycles. The molecule has 3 amide bonds. The number of methoxy groups -OCH3 is 1. The molecule has 0 aliphatic carbocycles. The van der Waals surface area contributed by atoms with Crippen molar-refractivity contribution < 1.29 is 19.1 Å². The summed E-state index contributed by atoms with van der Waals surface area (Å²) in [5.41, 5.74) is 2.48. The van der Waals surface area contributed by atoms with Gasteiger partial charge in [0, 0.05) is 21.7 Å². The van der Waals surface area contributed by atoms with Crippen molar-refractivity contribution in [3.05, 3.63) is 120 Å². The van der Waals surface area contributed by atoms with Crippen LogP contribution >= 0.6 is 23.1 Å². The van der Waals surface area contributed by atoms with Gasteiger partial charge in [0.2, 0.25) is 5.91 Å². The van der Waals surface area contributed by atoms with Gasteiger partial charge in [-0.3, -0.25) is 14.4 Å². The van der Waals surface area contributed by atoms with Gasteiger partial charge in [-0.2, -0.15) is 0 Å². The van der Waals surface area contributed by atoms with E-state index in [1.807, 2.05) is 61.5 Å². The van der Waals surface area contributed by atoms with Gasteiger partial charge in [0.05, 0.1) is 22.6 Å². The van der Waals surface area contributed by atoms with E-state index in [9.17, 15) is 14.4 Å². The lowest BCUT2D eigenvalue weighted by Crippen LogP contribution is -2.30. The van der Waals surface area contributed by atoms with Gasteiger partial charge in [0.15, 0.2) is 5.13 Å². The lowest BCUT2D eigenvalue weighted by atomic mass is 10.1. The van der Waals surface area contributed by atoms with E-state index in [0.29, 0.717) is 27.7 Å². The molecule has 0 saturated heterocycles. The van der Waals surface area contributed by atoms with Crippen LogP contribution in [0.4, 0.5) is 10.8 Å². The number of nitrogens with zero attached hydrogens (tertiary/aromatic N) is 1. The second kappa shape index (κ2) is 13.8. The van der Waals surface area contributed by atoms with Crippen molar-refractivity contribution in [1.82, 2.24) is 10.3 Å². The number of thiazole rings is 1. The van der Waals surface area contributed by atoms with Crippen molar-refractivity contribution in [2.45, 2.75) is 17.1 Å². The Balaban J connectivity index is 1.25. The van der Waals surface area contributed by atoms with Crippen LogP contribution < -0.4 is 20.7 Å². The number of ether oxygens (including phenoxy) is 1. The summed E-state index contributed by atoms with van der Waals surface area (Å²) < 4.78 is 6.43. The number of para-hydroxylation sites is 2. The minimum absolute atomic E-state index is 0.0527. The smallest absolute Gasteiger partial charge is 0.272 e. The van der Waals surface area contributed by atoms with Crippen LogP contribution in [0.5, 0.6) is 5.75 Å². The maximum absolute atomic E-state index is 13.4. The highest BCUT2D eigenvalue weighted by Gasteiger charge is 2.18. The van der Waals surface area contributed by atoms with Crippen molar-refractivity contribution >= 4 is 67.9 Å². The predicted octanol–water partition coefficient (Wildman–Crippen LogP) is 6.83. The second-order valence-electron chi connectivity index (χ2n) is 9.33. The van der Waals surface area contributed by atoms with Crippen molar-refractivity contribution in [2.24, 2.45) is 0 Å². The molecule has 0 saturated carbocycles. The monoisotopic (exact) mass is 608 g/mol. The summed E-state index contributed by atoms with van der Waals surface area (Å²) in [5.74, 6) is -0.507. The van der Waals surface area contributed by atoms with Gasteiger partial charge in [-0.05, 0) is 67.6 Å². The summed E-state index contributed by atoms with van der Waals surface area (Å²) in [5, 5.41) is 8.66. The standard InChI is InChI=1S/C33H28N4O4S2/c1-21(30(38)37-33-36-26-13-7-9-15-29(26)43-33)42-25-18-16-24(17-19-25)34-32(40)27(20-23-12-6-8-14-28(23)41-2)35-31(39)22-10-4-3-5-11-22/h3-21H,1-2H3,(H,34,40)(H,35,39)(H,36,37,38)/b27-20-. The molecule has 1 unspecified atom stereocenters. The van der Waals surface area contributed by atoms with Gasteiger partial charge in [0.25, 0.3) is 11.8 Å². The van der Waals surface area contributed by atoms with E-state index in [0.717, 1.165) is 15.1 Å². The SMILES string of the molecule is COc1ccccc1/C=C(\NC(=O)c1ccccc1)C(=O)Nc1ccc(SC(C)C(=O)Nc2nc3ccccc3s2)cc1. The first-order valence-electron chi connectivity index (χ1n) is 13.4. The lowest BCUT2D eigenvalue weighted by molar-refractivity contribution is -0.115. The quantitative estimate of drug-likeness (QED) is 0.118. The zero-order valence-electron chi connectivity index (χ0n) is 23.4. The topological polar surface area (TPSA) is 109 Å². The molecular weight excluding hydrogens is 581 g/mol. The van der Waals surface area contributed by atoms with Crippen LogP contribution in [0.1, 0.15) is 22.8 Å². The molecule has 1 atom stereocenters. The highest BCUT2D eigenvalue weighted by Crippen LogP contribution is 2.29. The zero-order chi connectivity index (χ0) is 30.2. The Bertz CT molecular complexity index is 1750.